The molecule has 5 aliphatic rings. The number of aliphatic hydroxyl groups is 1. The van der Waals surface area contributed by atoms with Crippen molar-refractivity contribution in [2.45, 2.75) is 63.0 Å². The second-order valence-electron chi connectivity index (χ2n) is 7.19. The molecule has 5 fully saturated rings. The molecule has 0 aromatic heterocycles. The first-order valence-corrected chi connectivity index (χ1v) is 7.93. The molecule has 4 heteroatoms. The van der Waals surface area contributed by atoms with Crippen LogP contribution in [0, 0.1) is 23.7 Å². The first-order chi connectivity index (χ1) is 9.27. The van der Waals surface area contributed by atoms with E-state index in [2.05, 4.69) is 4.90 Å². The molecule has 2 aliphatic heterocycles. The Balaban J connectivity index is 1.50. The molecule has 7 atom stereocenters. The fourth-order valence-corrected chi connectivity index (χ4v) is 5.84. The van der Waals surface area contributed by atoms with Crippen LogP contribution in [0.15, 0.2) is 0 Å². The van der Waals surface area contributed by atoms with Crippen molar-refractivity contribution >= 4 is 5.91 Å². The van der Waals surface area contributed by atoms with E-state index in [9.17, 15) is 9.90 Å². The van der Waals surface area contributed by atoms with Crippen molar-refractivity contribution in [2.75, 3.05) is 0 Å². The van der Waals surface area contributed by atoms with Gasteiger partial charge in [0.25, 0.3) is 0 Å². The molecular weight excluding hydrogens is 242 g/mol. The number of rotatable bonds is 1. The Morgan fingerprint density at radius 1 is 1.16 bits per heavy atom. The maximum Gasteiger partial charge on any atom is 0.228 e. The fourth-order valence-electron chi connectivity index (χ4n) is 5.84. The topological polar surface area (TPSA) is 49.8 Å². The van der Waals surface area contributed by atoms with Crippen molar-refractivity contribution in [3.8, 4) is 0 Å². The summed E-state index contributed by atoms with van der Waals surface area (Å²) in [6.45, 7) is 0. The van der Waals surface area contributed by atoms with Crippen LogP contribution in [-0.4, -0.2) is 40.4 Å². The lowest BCUT2D eigenvalue weighted by molar-refractivity contribution is -0.156. The predicted octanol–water partition coefficient (Wildman–Crippen LogP) is 1.13. The van der Waals surface area contributed by atoms with Gasteiger partial charge in [-0.25, -0.2) is 0 Å². The summed E-state index contributed by atoms with van der Waals surface area (Å²) >= 11 is 0. The molecule has 19 heavy (non-hydrogen) atoms. The first-order valence-electron chi connectivity index (χ1n) is 7.93. The smallest absolute Gasteiger partial charge is 0.228 e. The molecule has 3 aliphatic carbocycles. The number of fused-ring (bicyclic) bond motifs is 2. The molecule has 3 saturated carbocycles. The Labute approximate surface area is 113 Å². The average molecular weight is 263 g/mol. The fraction of sp³-hybridized carbons (Fsp3) is 0.933. The molecule has 2 bridgehead atoms. The lowest BCUT2D eigenvalue weighted by atomic mass is 9.80. The third-order valence-corrected chi connectivity index (χ3v) is 6.52. The largest absolute Gasteiger partial charge is 0.390 e. The molecule has 1 amide bonds. The lowest BCUT2D eigenvalue weighted by Gasteiger charge is -2.37. The first kappa shape index (κ1) is 11.1. The number of carbonyl (C=O) groups is 1. The number of likely N-dealkylation sites (tertiary alicyclic amines) is 1. The second kappa shape index (κ2) is 3.53. The van der Waals surface area contributed by atoms with Crippen LogP contribution < -0.4 is 0 Å². The minimum Gasteiger partial charge on any atom is -0.390 e. The van der Waals surface area contributed by atoms with Crippen LogP contribution in [0.25, 0.3) is 0 Å². The Bertz CT molecular complexity index is 433. The summed E-state index contributed by atoms with van der Waals surface area (Å²) in [7, 11) is 0. The van der Waals surface area contributed by atoms with Gasteiger partial charge in [0.2, 0.25) is 5.91 Å². The van der Waals surface area contributed by atoms with Crippen molar-refractivity contribution in [1.29, 1.82) is 0 Å². The summed E-state index contributed by atoms with van der Waals surface area (Å²) in [5, 5.41) is 10.2. The van der Waals surface area contributed by atoms with E-state index in [4.69, 9.17) is 4.74 Å². The SMILES string of the molecule is O=C1[C@@H]2[C@H]3C[C@H]4[C@H](O[C@H]([C@H]42)N1C1CCCCC1)[C@H]3O. The van der Waals surface area contributed by atoms with Crippen LogP contribution in [0.5, 0.6) is 0 Å². The van der Waals surface area contributed by atoms with Crippen molar-refractivity contribution < 1.29 is 14.6 Å². The number of carbonyl (C=O) groups excluding carboxylic acids is 1. The van der Waals surface area contributed by atoms with Gasteiger partial charge in [0.05, 0.1) is 18.1 Å². The summed E-state index contributed by atoms with van der Waals surface area (Å²) in [5.41, 5.74) is 0. The van der Waals surface area contributed by atoms with Gasteiger partial charge in [0, 0.05) is 12.0 Å². The monoisotopic (exact) mass is 263 g/mol. The summed E-state index contributed by atoms with van der Waals surface area (Å²) in [6.07, 6.45) is 6.75. The van der Waals surface area contributed by atoms with E-state index >= 15 is 0 Å². The van der Waals surface area contributed by atoms with Gasteiger partial charge in [-0.05, 0) is 31.1 Å². The van der Waals surface area contributed by atoms with E-state index in [1.807, 2.05) is 0 Å². The molecule has 0 aromatic carbocycles. The van der Waals surface area contributed by atoms with Crippen LogP contribution in [0.4, 0.5) is 0 Å². The molecule has 0 radical (unpaired) electrons. The number of aliphatic hydroxyl groups excluding tert-OH is 1. The van der Waals surface area contributed by atoms with E-state index in [1.54, 1.807) is 0 Å². The molecule has 0 aromatic rings. The molecule has 104 valence electrons. The van der Waals surface area contributed by atoms with Gasteiger partial charge in [-0.2, -0.15) is 0 Å². The zero-order chi connectivity index (χ0) is 12.7. The number of hydrogen-bond donors (Lipinski definition) is 1. The van der Waals surface area contributed by atoms with Crippen LogP contribution in [0.3, 0.4) is 0 Å². The van der Waals surface area contributed by atoms with E-state index in [0.29, 0.717) is 23.8 Å². The van der Waals surface area contributed by atoms with Gasteiger partial charge in [0.1, 0.15) is 6.23 Å². The number of amides is 1. The quantitative estimate of drug-likeness (QED) is 0.771. The van der Waals surface area contributed by atoms with E-state index in [0.717, 1.165) is 19.3 Å². The molecular formula is C15H21NO3. The van der Waals surface area contributed by atoms with Gasteiger partial charge < -0.3 is 14.7 Å². The molecule has 2 heterocycles. The standard InChI is InChI=1S/C15H21NO3/c17-12-8-6-9-11-10(8)14(18)16(15(11)19-13(9)12)7-4-2-1-3-5-7/h7-13,15,17H,1-6H2/t8-,9-,10-,11-,12+,13+,15-/m1/s1. The van der Waals surface area contributed by atoms with Crippen LogP contribution in [0.2, 0.25) is 0 Å². The molecule has 4 nitrogen and oxygen atoms in total. The third kappa shape index (κ3) is 1.17. The van der Waals surface area contributed by atoms with Crippen molar-refractivity contribution in [3.05, 3.63) is 0 Å². The van der Waals surface area contributed by atoms with Gasteiger partial charge in [0.15, 0.2) is 0 Å². The van der Waals surface area contributed by atoms with Crippen molar-refractivity contribution in [1.82, 2.24) is 4.90 Å². The van der Waals surface area contributed by atoms with Crippen LogP contribution in [-0.2, 0) is 9.53 Å². The minimum atomic E-state index is -0.381. The third-order valence-electron chi connectivity index (χ3n) is 6.52. The summed E-state index contributed by atoms with van der Waals surface area (Å²) < 4.78 is 6.13. The van der Waals surface area contributed by atoms with E-state index in [1.165, 1.54) is 19.3 Å². The van der Waals surface area contributed by atoms with Gasteiger partial charge in [-0.1, -0.05) is 19.3 Å². The van der Waals surface area contributed by atoms with E-state index < -0.39 is 0 Å². The predicted molar refractivity (Wildman–Crippen MR) is 67.0 cm³/mol. The van der Waals surface area contributed by atoms with Gasteiger partial charge in [-0.3, -0.25) is 4.79 Å². The Morgan fingerprint density at radius 3 is 2.74 bits per heavy atom. The second-order valence-corrected chi connectivity index (χ2v) is 7.19. The van der Waals surface area contributed by atoms with Gasteiger partial charge >= 0.3 is 0 Å². The van der Waals surface area contributed by atoms with Crippen LogP contribution in [0.1, 0.15) is 38.5 Å². The Morgan fingerprint density at radius 2 is 1.95 bits per heavy atom. The lowest BCUT2D eigenvalue weighted by Crippen LogP contribution is -2.48. The number of ether oxygens (including phenoxy) is 1. The molecule has 5 rings (SSSR count). The zero-order valence-electron chi connectivity index (χ0n) is 11.1. The van der Waals surface area contributed by atoms with Crippen molar-refractivity contribution in [2.24, 2.45) is 23.7 Å². The van der Waals surface area contributed by atoms with Crippen LogP contribution >= 0.6 is 0 Å². The average Bonchev–Trinajstić information content (AvgIpc) is 3.08. The minimum absolute atomic E-state index is 0.00208. The normalized spacial score (nSPS) is 55.5. The van der Waals surface area contributed by atoms with Crippen molar-refractivity contribution in [3.63, 3.8) is 0 Å². The summed E-state index contributed by atoms with van der Waals surface area (Å²) in [5.74, 6) is 1.41. The highest BCUT2D eigenvalue weighted by Crippen LogP contribution is 2.64. The Kier molecular flexibility index (Phi) is 2.06. The summed E-state index contributed by atoms with van der Waals surface area (Å²) in [4.78, 5) is 14.9. The molecule has 1 N–H and O–H groups in total. The molecule has 0 unspecified atom stereocenters. The Hall–Kier alpha value is -0.610. The highest BCUT2D eigenvalue weighted by Gasteiger charge is 2.72. The zero-order valence-corrected chi connectivity index (χ0v) is 11.1. The summed E-state index contributed by atoms with van der Waals surface area (Å²) in [6, 6.07) is 0.409. The molecule has 2 saturated heterocycles. The number of hydrogen-bond acceptors (Lipinski definition) is 3. The highest BCUT2D eigenvalue weighted by atomic mass is 16.5. The van der Waals surface area contributed by atoms with Gasteiger partial charge in [-0.15, -0.1) is 0 Å². The maximum atomic E-state index is 12.8. The number of nitrogens with zero attached hydrogens (tertiary/aromatic N) is 1. The molecule has 0 spiro atoms. The highest BCUT2D eigenvalue weighted by molar-refractivity contribution is 5.84. The maximum absolute atomic E-state index is 12.8. The van der Waals surface area contributed by atoms with E-state index in [-0.39, 0.29) is 30.3 Å².